The van der Waals surface area contributed by atoms with Crippen LogP contribution in [0.3, 0.4) is 0 Å². The van der Waals surface area contributed by atoms with Crippen LogP contribution in [0.4, 0.5) is 0 Å². The summed E-state index contributed by atoms with van der Waals surface area (Å²) in [5.74, 6) is 1.56. The van der Waals surface area contributed by atoms with Gasteiger partial charge in [0.25, 0.3) is 0 Å². The Balaban J connectivity index is 1.78. The fourth-order valence-corrected chi connectivity index (χ4v) is 2.10. The van der Waals surface area contributed by atoms with E-state index in [9.17, 15) is 4.79 Å². The second-order valence-electron chi connectivity index (χ2n) is 4.71. The van der Waals surface area contributed by atoms with Crippen LogP contribution in [0.2, 0.25) is 0 Å². The highest BCUT2D eigenvalue weighted by atomic mass is 16.5. The Kier molecular flexibility index (Phi) is 3.05. The average Bonchev–Trinajstić information content (AvgIpc) is 2.41. The highest BCUT2D eigenvalue weighted by molar-refractivity contribution is 5.70. The van der Waals surface area contributed by atoms with E-state index in [0.29, 0.717) is 13.2 Å². The maximum absolute atomic E-state index is 11.2. The summed E-state index contributed by atoms with van der Waals surface area (Å²) in [7, 11) is 0. The minimum atomic E-state index is -0.453. The van der Waals surface area contributed by atoms with Crippen molar-refractivity contribution in [3.63, 3.8) is 0 Å². The van der Waals surface area contributed by atoms with Gasteiger partial charge in [0.1, 0.15) is 17.8 Å². The molecule has 0 unspecified atom stereocenters. The van der Waals surface area contributed by atoms with Crippen molar-refractivity contribution in [3.05, 3.63) is 60.2 Å². The van der Waals surface area contributed by atoms with E-state index >= 15 is 0 Å². The van der Waals surface area contributed by atoms with Gasteiger partial charge in [-0.05, 0) is 29.8 Å². The largest absolute Gasteiger partial charge is 0.457 e. The lowest BCUT2D eigenvalue weighted by Crippen LogP contribution is -2.48. The van der Waals surface area contributed by atoms with Crippen molar-refractivity contribution in [2.45, 2.75) is 5.41 Å². The molecule has 1 saturated heterocycles. The van der Waals surface area contributed by atoms with Crippen molar-refractivity contribution in [3.8, 4) is 11.5 Å². The van der Waals surface area contributed by atoms with Crippen molar-refractivity contribution in [2.24, 2.45) is 0 Å². The molecule has 0 radical (unpaired) electrons. The summed E-state index contributed by atoms with van der Waals surface area (Å²) in [4.78, 5) is 11.2. The highest BCUT2D eigenvalue weighted by Gasteiger charge is 2.40. The third-order valence-corrected chi connectivity index (χ3v) is 3.35. The second-order valence-corrected chi connectivity index (χ2v) is 4.71. The van der Waals surface area contributed by atoms with Crippen LogP contribution in [0, 0.1) is 0 Å². The molecule has 3 nitrogen and oxygen atoms in total. The summed E-state index contributed by atoms with van der Waals surface area (Å²) in [5.41, 5.74) is 0.528. The standard InChI is InChI=1S/C16H14O3/c17-10-16(11-18-12-16)13-6-8-15(9-7-13)19-14-4-2-1-3-5-14/h1-10H,11-12H2. The van der Waals surface area contributed by atoms with Gasteiger partial charge in [0.15, 0.2) is 0 Å². The van der Waals surface area contributed by atoms with Crippen molar-refractivity contribution >= 4 is 6.29 Å². The van der Waals surface area contributed by atoms with Crippen LogP contribution in [0.1, 0.15) is 5.56 Å². The molecular formula is C16H14O3. The molecule has 0 aliphatic carbocycles. The van der Waals surface area contributed by atoms with Crippen molar-refractivity contribution < 1.29 is 14.3 Å². The first-order valence-corrected chi connectivity index (χ1v) is 6.20. The van der Waals surface area contributed by atoms with Gasteiger partial charge < -0.3 is 14.3 Å². The van der Waals surface area contributed by atoms with E-state index in [1.165, 1.54) is 0 Å². The number of carbonyl (C=O) groups excluding carboxylic acids is 1. The van der Waals surface area contributed by atoms with Crippen LogP contribution in [-0.2, 0) is 14.9 Å². The third-order valence-electron chi connectivity index (χ3n) is 3.35. The molecule has 0 atom stereocenters. The second kappa shape index (κ2) is 4.86. The lowest BCUT2D eigenvalue weighted by Gasteiger charge is -2.36. The minimum absolute atomic E-state index is 0.453. The predicted molar refractivity (Wildman–Crippen MR) is 71.5 cm³/mol. The molecule has 1 fully saturated rings. The number of benzene rings is 2. The van der Waals surface area contributed by atoms with E-state index in [4.69, 9.17) is 9.47 Å². The Bertz CT molecular complexity index is 556. The molecule has 2 aromatic carbocycles. The van der Waals surface area contributed by atoms with Crippen LogP contribution >= 0.6 is 0 Å². The Morgan fingerprint density at radius 1 is 0.947 bits per heavy atom. The third kappa shape index (κ3) is 2.25. The zero-order valence-corrected chi connectivity index (χ0v) is 10.4. The molecule has 1 aliphatic rings. The van der Waals surface area contributed by atoms with Gasteiger partial charge in [0, 0.05) is 0 Å². The maximum atomic E-state index is 11.2. The van der Waals surface area contributed by atoms with Gasteiger partial charge >= 0.3 is 0 Å². The number of para-hydroxylation sites is 1. The van der Waals surface area contributed by atoms with Gasteiger partial charge in [0.05, 0.1) is 18.6 Å². The Morgan fingerprint density at radius 3 is 2.11 bits per heavy atom. The van der Waals surface area contributed by atoms with E-state index in [1.807, 2.05) is 54.6 Å². The molecule has 1 aliphatic heterocycles. The van der Waals surface area contributed by atoms with Gasteiger partial charge in [-0.2, -0.15) is 0 Å². The van der Waals surface area contributed by atoms with E-state index in [2.05, 4.69) is 0 Å². The Morgan fingerprint density at radius 2 is 1.58 bits per heavy atom. The first kappa shape index (κ1) is 11.9. The van der Waals surface area contributed by atoms with E-state index in [-0.39, 0.29) is 0 Å². The zero-order valence-electron chi connectivity index (χ0n) is 10.4. The highest BCUT2D eigenvalue weighted by Crippen LogP contribution is 2.32. The molecule has 0 saturated carbocycles. The molecule has 0 bridgehead atoms. The van der Waals surface area contributed by atoms with Gasteiger partial charge in [-0.1, -0.05) is 30.3 Å². The topological polar surface area (TPSA) is 35.5 Å². The van der Waals surface area contributed by atoms with E-state index in [1.54, 1.807) is 0 Å². The van der Waals surface area contributed by atoms with Crippen LogP contribution in [0.15, 0.2) is 54.6 Å². The average molecular weight is 254 g/mol. The predicted octanol–water partition coefficient (Wildman–Crippen LogP) is 2.95. The smallest absolute Gasteiger partial charge is 0.135 e. The zero-order chi connectivity index (χ0) is 13.1. The van der Waals surface area contributed by atoms with Crippen LogP contribution in [0.5, 0.6) is 11.5 Å². The van der Waals surface area contributed by atoms with Gasteiger partial charge in [-0.15, -0.1) is 0 Å². The van der Waals surface area contributed by atoms with Crippen molar-refractivity contribution in [2.75, 3.05) is 13.2 Å². The van der Waals surface area contributed by atoms with Gasteiger partial charge in [-0.3, -0.25) is 0 Å². The summed E-state index contributed by atoms with van der Waals surface area (Å²) < 4.78 is 10.9. The molecular weight excluding hydrogens is 240 g/mol. The molecule has 19 heavy (non-hydrogen) atoms. The Hall–Kier alpha value is -2.13. The van der Waals surface area contributed by atoms with E-state index < -0.39 is 5.41 Å². The molecule has 0 aromatic heterocycles. The lowest BCUT2D eigenvalue weighted by atomic mass is 9.80. The number of ether oxygens (including phenoxy) is 2. The fourth-order valence-electron chi connectivity index (χ4n) is 2.10. The minimum Gasteiger partial charge on any atom is -0.457 e. The normalized spacial score (nSPS) is 16.4. The summed E-state index contributed by atoms with van der Waals surface area (Å²) in [6, 6.07) is 17.2. The summed E-state index contributed by atoms with van der Waals surface area (Å²) in [6.45, 7) is 0.935. The van der Waals surface area contributed by atoms with Crippen molar-refractivity contribution in [1.82, 2.24) is 0 Å². The Labute approximate surface area is 111 Å². The van der Waals surface area contributed by atoms with Crippen LogP contribution < -0.4 is 4.74 Å². The number of carbonyl (C=O) groups is 1. The molecule has 0 N–H and O–H groups in total. The number of hydrogen-bond donors (Lipinski definition) is 0. The molecule has 96 valence electrons. The van der Waals surface area contributed by atoms with Crippen molar-refractivity contribution in [1.29, 1.82) is 0 Å². The fraction of sp³-hybridized carbons (Fsp3) is 0.188. The quantitative estimate of drug-likeness (QED) is 0.787. The molecule has 1 heterocycles. The number of hydrogen-bond acceptors (Lipinski definition) is 3. The van der Waals surface area contributed by atoms with Crippen LogP contribution in [-0.4, -0.2) is 19.5 Å². The maximum Gasteiger partial charge on any atom is 0.135 e. The SMILES string of the molecule is O=CC1(c2ccc(Oc3ccccc3)cc2)COC1. The molecule has 0 spiro atoms. The summed E-state index contributed by atoms with van der Waals surface area (Å²) in [6.07, 6.45) is 0.976. The molecule has 0 amide bonds. The monoisotopic (exact) mass is 254 g/mol. The first-order chi connectivity index (χ1) is 9.32. The van der Waals surface area contributed by atoms with Gasteiger partial charge in [-0.25, -0.2) is 0 Å². The number of aldehydes is 1. The first-order valence-electron chi connectivity index (χ1n) is 6.20. The lowest BCUT2D eigenvalue weighted by molar-refractivity contribution is -0.129. The van der Waals surface area contributed by atoms with Gasteiger partial charge in [0.2, 0.25) is 0 Å². The van der Waals surface area contributed by atoms with Crippen LogP contribution in [0.25, 0.3) is 0 Å². The molecule has 3 rings (SSSR count). The molecule has 3 heteroatoms. The molecule has 2 aromatic rings. The number of rotatable bonds is 4. The van der Waals surface area contributed by atoms with E-state index in [0.717, 1.165) is 23.3 Å². The summed E-state index contributed by atoms with van der Waals surface area (Å²) in [5, 5.41) is 0. The summed E-state index contributed by atoms with van der Waals surface area (Å²) >= 11 is 0.